The van der Waals surface area contributed by atoms with Crippen LogP contribution in [0, 0.1) is 11.3 Å². The zero-order chi connectivity index (χ0) is 26.6. The van der Waals surface area contributed by atoms with Gasteiger partial charge in [-0.3, -0.25) is 4.79 Å². The van der Waals surface area contributed by atoms with Crippen molar-refractivity contribution in [1.29, 1.82) is 5.26 Å². The van der Waals surface area contributed by atoms with Gasteiger partial charge in [0.25, 0.3) is 5.91 Å². The van der Waals surface area contributed by atoms with Gasteiger partial charge in [-0.05, 0) is 70.0 Å². The SMILES string of the molecule is COc1ccc(-n2ncc(C(=O)Nc3ccccc3C#N)c2C2CCN(C(=O)OC(C)(C)C)CC2)cc1. The van der Waals surface area contributed by atoms with Crippen molar-refractivity contribution < 1.29 is 19.1 Å². The number of hydrogen-bond donors (Lipinski definition) is 1. The van der Waals surface area contributed by atoms with Crippen LogP contribution in [-0.2, 0) is 4.74 Å². The van der Waals surface area contributed by atoms with Crippen LogP contribution in [0.4, 0.5) is 10.5 Å². The number of anilines is 1. The Labute approximate surface area is 216 Å². The summed E-state index contributed by atoms with van der Waals surface area (Å²) in [5.41, 5.74) is 2.25. The van der Waals surface area contributed by atoms with E-state index in [4.69, 9.17) is 9.47 Å². The number of ether oxygens (including phenoxy) is 2. The molecular formula is C28H31N5O4. The molecule has 9 heteroatoms. The summed E-state index contributed by atoms with van der Waals surface area (Å²) in [5, 5.41) is 16.9. The van der Waals surface area contributed by atoms with Crippen LogP contribution in [0.5, 0.6) is 5.75 Å². The second-order valence-electron chi connectivity index (χ2n) is 9.91. The third-order valence-electron chi connectivity index (χ3n) is 6.20. The molecule has 192 valence electrons. The molecule has 2 amide bonds. The molecule has 0 radical (unpaired) electrons. The number of nitrogens with one attached hydrogen (secondary N) is 1. The van der Waals surface area contributed by atoms with Crippen LogP contribution < -0.4 is 10.1 Å². The monoisotopic (exact) mass is 501 g/mol. The van der Waals surface area contributed by atoms with Crippen molar-refractivity contribution in [2.75, 3.05) is 25.5 Å². The maximum Gasteiger partial charge on any atom is 0.410 e. The number of aromatic nitrogens is 2. The van der Waals surface area contributed by atoms with Crippen LogP contribution in [0.2, 0.25) is 0 Å². The quantitative estimate of drug-likeness (QED) is 0.520. The van der Waals surface area contributed by atoms with Crippen molar-refractivity contribution in [3.63, 3.8) is 0 Å². The number of nitriles is 1. The van der Waals surface area contributed by atoms with Gasteiger partial charge in [-0.1, -0.05) is 12.1 Å². The number of methoxy groups -OCH3 is 1. The van der Waals surface area contributed by atoms with Gasteiger partial charge in [0.05, 0.1) is 41.5 Å². The molecule has 9 nitrogen and oxygen atoms in total. The number of amides is 2. The Balaban J connectivity index is 1.64. The van der Waals surface area contributed by atoms with Crippen LogP contribution in [0.3, 0.4) is 0 Å². The molecule has 0 bridgehead atoms. The zero-order valence-electron chi connectivity index (χ0n) is 21.5. The molecule has 2 heterocycles. The average Bonchev–Trinajstić information content (AvgIpc) is 3.33. The number of rotatable bonds is 5. The number of carbonyl (C=O) groups is 2. The van der Waals surface area contributed by atoms with E-state index in [0.717, 1.165) is 11.4 Å². The summed E-state index contributed by atoms with van der Waals surface area (Å²) >= 11 is 0. The van der Waals surface area contributed by atoms with Gasteiger partial charge in [0.15, 0.2) is 0 Å². The standard InChI is InChI=1S/C28H31N5O4/c1-28(2,3)37-27(35)32-15-13-19(14-16-32)25-23(26(34)31-24-8-6-5-7-20(24)17-29)18-30-33(25)21-9-11-22(36-4)12-10-21/h5-12,18-19H,13-16H2,1-4H3,(H,31,34). The Morgan fingerprint density at radius 1 is 1.08 bits per heavy atom. The molecule has 0 aliphatic carbocycles. The van der Waals surface area contributed by atoms with Crippen LogP contribution >= 0.6 is 0 Å². The van der Waals surface area contributed by atoms with Crippen molar-refractivity contribution in [1.82, 2.24) is 14.7 Å². The first-order valence-corrected chi connectivity index (χ1v) is 12.2. The van der Waals surface area contributed by atoms with E-state index in [0.29, 0.717) is 48.5 Å². The van der Waals surface area contributed by atoms with E-state index < -0.39 is 5.60 Å². The Bertz CT molecular complexity index is 1310. The Kier molecular flexibility index (Phi) is 7.48. The van der Waals surface area contributed by atoms with Gasteiger partial charge < -0.3 is 19.7 Å². The molecule has 1 N–H and O–H groups in total. The van der Waals surface area contributed by atoms with Gasteiger partial charge in [0.1, 0.15) is 17.4 Å². The van der Waals surface area contributed by atoms with Crippen molar-refractivity contribution >= 4 is 17.7 Å². The second kappa shape index (κ2) is 10.7. The van der Waals surface area contributed by atoms with E-state index in [1.165, 1.54) is 0 Å². The van der Waals surface area contributed by atoms with Crippen molar-refractivity contribution in [2.45, 2.75) is 45.1 Å². The average molecular weight is 502 g/mol. The molecule has 0 spiro atoms. The summed E-state index contributed by atoms with van der Waals surface area (Å²) in [6.45, 7) is 6.55. The minimum atomic E-state index is -0.564. The highest BCUT2D eigenvalue weighted by atomic mass is 16.6. The van der Waals surface area contributed by atoms with Gasteiger partial charge in [-0.25, -0.2) is 9.48 Å². The lowest BCUT2D eigenvalue weighted by Gasteiger charge is -2.34. The summed E-state index contributed by atoms with van der Waals surface area (Å²) in [7, 11) is 1.61. The molecule has 1 fully saturated rings. The smallest absolute Gasteiger partial charge is 0.410 e. The van der Waals surface area contributed by atoms with E-state index in [9.17, 15) is 14.9 Å². The number of likely N-dealkylation sites (tertiary alicyclic amines) is 1. The lowest BCUT2D eigenvalue weighted by molar-refractivity contribution is 0.0203. The zero-order valence-corrected chi connectivity index (χ0v) is 21.5. The minimum absolute atomic E-state index is 0.0183. The summed E-state index contributed by atoms with van der Waals surface area (Å²) in [4.78, 5) is 27.7. The molecule has 1 aromatic heterocycles. The summed E-state index contributed by atoms with van der Waals surface area (Å²) in [6.07, 6.45) is 2.52. The molecule has 1 aliphatic rings. The maximum absolute atomic E-state index is 13.4. The van der Waals surface area contributed by atoms with Gasteiger partial charge >= 0.3 is 6.09 Å². The van der Waals surface area contributed by atoms with E-state index in [2.05, 4.69) is 16.5 Å². The van der Waals surface area contributed by atoms with Crippen LogP contribution in [-0.4, -0.2) is 52.5 Å². The van der Waals surface area contributed by atoms with Gasteiger partial charge in [-0.15, -0.1) is 0 Å². The Morgan fingerprint density at radius 2 is 1.76 bits per heavy atom. The highest BCUT2D eigenvalue weighted by Crippen LogP contribution is 2.33. The van der Waals surface area contributed by atoms with E-state index in [1.807, 2.05) is 45.0 Å². The number of para-hydroxylation sites is 1. The first kappa shape index (κ1) is 25.8. The van der Waals surface area contributed by atoms with Crippen LogP contribution in [0.15, 0.2) is 54.7 Å². The molecule has 37 heavy (non-hydrogen) atoms. The molecule has 1 aliphatic heterocycles. The third kappa shape index (κ3) is 5.92. The summed E-state index contributed by atoms with van der Waals surface area (Å²) in [5.74, 6) is 0.358. The fraction of sp³-hybridized carbons (Fsp3) is 0.357. The lowest BCUT2D eigenvalue weighted by atomic mass is 9.90. The Morgan fingerprint density at radius 3 is 2.38 bits per heavy atom. The number of nitrogens with zero attached hydrogens (tertiary/aromatic N) is 4. The minimum Gasteiger partial charge on any atom is -0.497 e. The number of benzene rings is 2. The number of carbonyl (C=O) groups excluding carboxylic acids is 2. The summed E-state index contributed by atoms with van der Waals surface area (Å²) in [6, 6.07) is 16.4. The third-order valence-corrected chi connectivity index (χ3v) is 6.20. The fourth-order valence-corrected chi connectivity index (χ4v) is 4.40. The molecule has 3 aromatic rings. The first-order valence-electron chi connectivity index (χ1n) is 12.2. The first-order chi connectivity index (χ1) is 17.7. The van der Waals surface area contributed by atoms with Gasteiger partial charge in [0, 0.05) is 19.0 Å². The molecule has 1 saturated heterocycles. The highest BCUT2D eigenvalue weighted by molar-refractivity contribution is 6.05. The predicted octanol–water partition coefficient (Wildman–Crippen LogP) is 5.12. The molecular weight excluding hydrogens is 470 g/mol. The predicted molar refractivity (Wildman–Crippen MR) is 139 cm³/mol. The molecule has 2 aromatic carbocycles. The molecule has 0 atom stereocenters. The fourth-order valence-electron chi connectivity index (χ4n) is 4.40. The second-order valence-corrected chi connectivity index (χ2v) is 9.91. The van der Waals surface area contributed by atoms with Crippen LogP contribution in [0.25, 0.3) is 5.69 Å². The topological polar surface area (TPSA) is 109 Å². The van der Waals surface area contributed by atoms with Gasteiger partial charge in [0.2, 0.25) is 0 Å². The number of hydrogen-bond acceptors (Lipinski definition) is 6. The van der Waals surface area contributed by atoms with Crippen molar-refractivity contribution in [3.05, 3.63) is 71.5 Å². The highest BCUT2D eigenvalue weighted by Gasteiger charge is 2.32. The molecule has 4 rings (SSSR count). The largest absolute Gasteiger partial charge is 0.497 e. The molecule has 0 saturated carbocycles. The van der Waals surface area contributed by atoms with Crippen molar-refractivity contribution in [2.24, 2.45) is 0 Å². The number of piperidine rings is 1. The van der Waals surface area contributed by atoms with E-state index in [-0.39, 0.29) is 17.9 Å². The van der Waals surface area contributed by atoms with E-state index >= 15 is 0 Å². The van der Waals surface area contributed by atoms with Crippen LogP contribution in [0.1, 0.15) is 61.1 Å². The summed E-state index contributed by atoms with van der Waals surface area (Å²) < 4.78 is 12.6. The normalized spacial score (nSPS) is 14.1. The van der Waals surface area contributed by atoms with Crippen molar-refractivity contribution in [3.8, 4) is 17.5 Å². The maximum atomic E-state index is 13.4. The molecule has 0 unspecified atom stereocenters. The van der Waals surface area contributed by atoms with E-state index in [1.54, 1.807) is 47.2 Å². The van der Waals surface area contributed by atoms with Gasteiger partial charge in [-0.2, -0.15) is 10.4 Å². The lowest BCUT2D eigenvalue weighted by Crippen LogP contribution is -2.41. The Hall–Kier alpha value is -4.32.